The molecule has 4 amide bonds. The molecule has 17 heteroatoms. The van der Waals surface area contributed by atoms with E-state index in [9.17, 15) is 28.8 Å². The van der Waals surface area contributed by atoms with E-state index >= 15 is 4.39 Å². The number of aromatic nitrogens is 4. The second-order valence-electron chi connectivity index (χ2n) is 17.0. The monoisotopic (exact) mass is 832 g/mol. The number of nitrogens with zero attached hydrogens (tertiary/aromatic N) is 8. The highest BCUT2D eigenvalue weighted by Crippen LogP contribution is 2.36. The molecule has 0 spiro atoms. The molecular weight excluding hydrogens is 784 g/mol. The summed E-state index contributed by atoms with van der Waals surface area (Å²) < 4.78 is 17.2. The van der Waals surface area contributed by atoms with Gasteiger partial charge >= 0.3 is 0 Å². The minimum Gasteiger partial charge on any atom is -0.367 e. The predicted molar refractivity (Wildman–Crippen MR) is 223 cm³/mol. The van der Waals surface area contributed by atoms with E-state index in [-0.39, 0.29) is 65.6 Å². The standard InChI is InChI=1S/C44H49FN10O6/c1-25-33-22-47-44(50-40(33)55(29-5-3-4-6-29)43(61)39(25)26(2)56)48-36-9-7-30(21-46-36)52-15-17-53(18-16-52)38(58)24-51-13-11-27(12-14-51)31-19-28-23-54(42(60)32(28)20-34(31)45)35-8-10-37(57)49-41(35)59/h7,9,19-22,27,29,35H,3-6,8,10-18,23-24H2,1-2H3,(H,49,57,59)(H,46,47,48,50). The van der Waals surface area contributed by atoms with Crippen molar-refractivity contribution in [2.45, 2.75) is 89.8 Å². The zero-order chi connectivity index (χ0) is 42.5. The summed E-state index contributed by atoms with van der Waals surface area (Å²) >= 11 is 0. The third-order valence-electron chi connectivity index (χ3n) is 13.3. The smallest absolute Gasteiger partial charge is 0.263 e. The van der Waals surface area contributed by atoms with Crippen LogP contribution in [0.25, 0.3) is 11.0 Å². The Kier molecular flexibility index (Phi) is 10.8. The number of carbonyl (C=O) groups is 5. The zero-order valence-corrected chi connectivity index (χ0v) is 34.4. The summed E-state index contributed by atoms with van der Waals surface area (Å²) in [6.07, 6.45) is 8.96. The molecule has 16 nitrogen and oxygen atoms in total. The molecule has 3 aromatic heterocycles. The molecule has 4 aliphatic heterocycles. The SMILES string of the molecule is CC(=O)c1c(C)c2cnc(Nc3ccc(N4CCN(C(=O)CN5CCC(c6cc7c(cc6F)C(=O)N(C6CCC(=O)NC6=O)C7)CC5)CC4)cn3)nc2n(C2CCCC2)c1=O. The lowest BCUT2D eigenvalue weighted by molar-refractivity contribution is -0.137. The summed E-state index contributed by atoms with van der Waals surface area (Å²) in [6, 6.07) is 6.11. The number of hydrogen-bond donors (Lipinski definition) is 2. The number of anilines is 3. The van der Waals surface area contributed by atoms with E-state index in [1.54, 1.807) is 30.0 Å². The number of fused-ring (bicyclic) bond motifs is 2. The van der Waals surface area contributed by atoms with Crippen molar-refractivity contribution < 1.29 is 28.4 Å². The van der Waals surface area contributed by atoms with E-state index in [2.05, 4.69) is 30.4 Å². The molecule has 1 aromatic carbocycles. The lowest BCUT2D eigenvalue weighted by Gasteiger charge is -2.38. The van der Waals surface area contributed by atoms with Crippen LogP contribution < -0.4 is 21.1 Å². The third-order valence-corrected chi connectivity index (χ3v) is 13.3. The maximum absolute atomic E-state index is 15.5. The molecule has 4 fully saturated rings. The van der Waals surface area contributed by atoms with Gasteiger partial charge in [-0.3, -0.25) is 43.6 Å². The van der Waals surface area contributed by atoms with Gasteiger partial charge in [0.2, 0.25) is 23.7 Å². The van der Waals surface area contributed by atoms with Crippen LogP contribution in [-0.4, -0.2) is 115 Å². The van der Waals surface area contributed by atoms with Gasteiger partial charge < -0.3 is 20.0 Å². The summed E-state index contributed by atoms with van der Waals surface area (Å²) in [5.41, 5.74) is 3.44. The quantitative estimate of drug-likeness (QED) is 0.183. The van der Waals surface area contributed by atoms with Crippen LogP contribution in [0.15, 0.2) is 41.5 Å². The number of piperazine rings is 1. The highest BCUT2D eigenvalue weighted by molar-refractivity contribution is 6.05. The molecule has 318 valence electrons. The first-order valence-corrected chi connectivity index (χ1v) is 21.3. The van der Waals surface area contributed by atoms with Crippen molar-refractivity contribution in [3.8, 4) is 0 Å². The summed E-state index contributed by atoms with van der Waals surface area (Å²) in [5, 5.41) is 6.16. The van der Waals surface area contributed by atoms with Crippen molar-refractivity contribution in [3.63, 3.8) is 0 Å². The average Bonchev–Trinajstić information content (AvgIpc) is 3.89. The van der Waals surface area contributed by atoms with Crippen molar-refractivity contribution in [3.05, 3.63) is 80.6 Å². The summed E-state index contributed by atoms with van der Waals surface area (Å²) in [5.74, 6) is -1.08. The molecular formula is C44H49FN10O6. The largest absolute Gasteiger partial charge is 0.367 e. The fraction of sp³-hybridized carbons (Fsp3) is 0.477. The molecule has 0 bridgehead atoms. The van der Waals surface area contributed by atoms with Crippen LogP contribution in [0, 0.1) is 12.7 Å². The Morgan fingerprint density at radius 2 is 1.67 bits per heavy atom. The van der Waals surface area contributed by atoms with Crippen LogP contribution in [0.4, 0.5) is 21.8 Å². The van der Waals surface area contributed by atoms with Gasteiger partial charge in [0.05, 0.1) is 24.0 Å². The third kappa shape index (κ3) is 7.75. The minimum atomic E-state index is -0.750. The van der Waals surface area contributed by atoms with Crippen molar-refractivity contribution >= 4 is 57.9 Å². The summed E-state index contributed by atoms with van der Waals surface area (Å²) in [7, 11) is 0. The average molecular weight is 833 g/mol. The van der Waals surface area contributed by atoms with Gasteiger partial charge in [-0.1, -0.05) is 18.9 Å². The number of Topliss-reactive ketones (excluding diaryl/α,β-unsaturated/α-hetero) is 1. The number of halogens is 1. The van der Waals surface area contributed by atoms with E-state index in [0.717, 1.165) is 31.4 Å². The first kappa shape index (κ1) is 40.3. The second kappa shape index (κ2) is 16.4. The van der Waals surface area contributed by atoms with Crippen molar-refractivity contribution in [1.82, 2.24) is 39.5 Å². The van der Waals surface area contributed by atoms with Crippen molar-refractivity contribution in [2.75, 3.05) is 56.0 Å². The van der Waals surface area contributed by atoms with Crippen LogP contribution in [0.5, 0.6) is 0 Å². The lowest BCUT2D eigenvalue weighted by atomic mass is 9.87. The topological polar surface area (TPSA) is 183 Å². The first-order chi connectivity index (χ1) is 29.4. The van der Waals surface area contributed by atoms with Crippen LogP contribution >= 0.6 is 0 Å². The normalized spacial score (nSPS) is 20.4. The van der Waals surface area contributed by atoms with Gasteiger partial charge in [0.1, 0.15) is 23.3 Å². The Morgan fingerprint density at radius 3 is 2.36 bits per heavy atom. The molecule has 1 atom stereocenters. The van der Waals surface area contributed by atoms with Crippen LogP contribution in [0.3, 0.4) is 0 Å². The number of carbonyl (C=O) groups excluding carboxylic acids is 5. The summed E-state index contributed by atoms with van der Waals surface area (Å²) in [4.78, 5) is 98.2. The Morgan fingerprint density at radius 1 is 0.918 bits per heavy atom. The molecule has 3 saturated heterocycles. The number of ketones is 1. The van der Waals surface area contributed by atoms with E-state index in [1.165, 1.54) is 17.9 Å². The van der Waals surface area contributed by atoms with Crippen molar-refractivity contribution in [1.29, 1.82) is 0 Å². The number of aryl methyl sites for hydroxylation is 1. The molecule has 61 heavy (non-hydrogen) atoms. The number of nitrogens with one attached hydrogen (secondary N) is 2. The van der Waals surface area contributed by atoms with Gasteiger partial charge in [-0.15, -0.1) is 0 Å². The van der Waals surface area contributed by atoms with E-state index in [4.69, 9.17) is 4.98 Å². The highest BCUT2D eigenvalue weighted by atomic mass is 19.1. The number of benzene rings is 1. The van der Waals surface area contributed by atoms with Crippen molar-refractivity contribution in [2.24, 2.45) is 0 Å². The second-order valence-corrected chi connectivity index (χ2v) is 17.0. The fourth-order valence-corrected chi connectivity index (χ4v) is 9.90. The molecule has 1 saturated carbocycles. The molecule has 1 aliphatic carbocycles. The van der Waals surface area contributed by atoms with Gasteiger partial charge in [-0.05, 0) is 99.8 Å². The zero-order valence-electron chi connectivity index (χ0n) is 34.4. The Bertz CT molecular complexity index is 2500. The number of piperidine rings is 2. The molecule has 9 rings (SSSR count). The molecule has 0 radical (unpaired) electrons. The first-order valence-electron chi connectivity index (χ1n) is 21.3. The van der Waals surface area contributed by atoms with Gasteiger partial charge in [0, 0.05) is 62.3 Å². The minimum absolute atomic E-state index is 0.0168. The molecule has 5 aliphatic rings. The Balaban J connectivity index is 0.768. The van der Waals surface area contributed by atoms with E-state index in [0.29, 0.717) is 98.1 Å². The molecule has 4 aromatic rings. The molecule has 7 heterocycles. The Hall–Kier alpha value is -6.10. The molecule has 1 unspecified atom stereocenters. The Labute approximate surface area is 351 Å². The van der Waals surface area contributed by atoms with Gasteiger partial charge in [-0.2, -0.15) is 4.98 Å². The summed E-state index contributed by atoms with van der Waals surface area (Å²) in [6.45, 7) is 7.42. The number of rotatable bonds is 9. The van der Waals surface area contributed by atoms with Gasteiger partial charge in [0.15, 0.2) is 5.78 Å². The number of amides is 4. The van der Waals surface area contributed by atoms with Crippen LogP contribution in [0.2, 0.25) is 0 Å². The number of likely N-dealkylation sites (tertiary alicyclic amines) is 1. The fourth-order valence-electron chi connectivity index (χ4n) is 9.90. The number of imide groups is 1. The van der Waals surface area contributed by atoms with E-state index in [1.807, 2.05) is 17.0 Å². The predicted octanol–water partition coefficient (Wildman–Crippen LogP) is 3.98. The van der Waals surface area contributed by atoms with Gasteiger partial charge in [0.25, 0.3) is 11.5 Å². The molecule has 2 N–H and O–H groups in total. The van der Waals surface area contributed by atoms with Crippen LogP contribution in [-0.2, 0) is 20.9 Å². The maximum atomic E-state index is 15.5. The number of hydrogen-bond acceptors (Lipinski definition) is 12. The van der Waals surface area contributed by atoms with Crippen LogP contribution in [0.1, 0.15) is 108 Å². The maximum Gasteiger partial charge on any atom is 0.263 e. The van der Waals surface area contributed by atoms with E-state index < -0.39 is 23.7 Å². The lowest BCUT2D eigenvalue weighted by Crippen LogP contribution is -2.52. The van der Waals surface area contributed by atoms with Gasteiger partial charge in [-0.25, -0.2) is 14.4 Å². The number of pyridine rings is 2. The highest BCUT2D eigenvalue weighted by Gasteiger charge is 2.40.